The van der Waals surface area contributed by atoms with Crippen molar-refractivity contribution in [2.24, 2.45) is 23.2 Å². The molecule has 0 aromatic rings. The Labute approximate surface area is 151 Å². The maximum atomic E-state index is 12.9. The molecule has 5 heteroatoms. The first-order valence-electron chi connectivity index (χ1n) is 9.62. The quantitative estimate of drug-likeness (QED) is 0.765. The molecule has 4 aliphatic rings. The molecule has 0 aliphatic heterocycles. The predicted molar refractivity (Wildman–Crippen MR) is 97.0 cm³/mol. The van der Waals surface area contributed by atoms with Crippen molar-refractivity contribution < 1.29 is 14.3 Å². The van der Waals surface area contributed by atoms with Crippen LogP contribution in [0.5, 0.6) is 0 Å². The van der Waals surface area contributed by atoms with Crippen LogP contribution in [0.15, 0.2) is 12.2 Å². The van der Waals surface area contributed by atoms with Crippen LogP contribution in [0.2, 0.25) is 0 Å². The molecule has 0 radical (unpaired) electrons. The molecule has 4 atom stereocenters. The van der Waals surface area contributed by atoms with Gasteiger partial charge in [-0.1, -0.05) is 25.5 Å². The summed E-state index contributed by atoms with van der Waals surface area (Å²) in [4.78, 5) is 25.2. The van der Waals surface area contributed by atoms with Gasteiger partial charge in [-0.25, -0.2) is 4.79 Å². The first-order chi connectivity index (χ1) is 11.7. The molecule has 0 spiro atoms. The zero-order chi connectivity index (χ0) is 18.2. The minimum atomic E-state index is -0.538. The smallest absolute Gasteiger partial charge is 0.407 e. The van der Waals surface area contributed by atoms with Gasteiger partial charge >= 0.3 is 6.09 Å². The number of ether oxygens (including phenoxy) is 1. The molecule has 0 unspecified atom stereocenters. The van der Waals surface area contributed by atoms with Gasteiger partial charge in [0, 0.05) is 6.54 Å². The summed E-state index contributed by atoms with van der Waals surface area (Å²) in [6.45, 7) is 8.53. The van der Waals surface area contributed by atoms with Crippen molar-refractivity contribution in [1.29, 1.82) is 0 Å². The third-order valence-corrected chi connectivity index (χ3v) is 5.98. The molecule has 2 saturated carbocycles. The third-order valence-electron chi connectivity index (χ3n) is 5.98. The summed E-state index contributed by atoms with van der Waals surface area (Å²) in [5.41, 5.74) is -0.280. The highest BCUT2D eigenvalue weighted by Crippen LogP contribution is 2.42. The third kappa shape index (κ3) is 4.18. The molecule has 25 heavy (non-hydrogen) atoms. The van der Waals surface area contributed by atoms with E-state index < -0.39 is 11.7 Å². The lowest BCUT2D eigenvalue weighted by Crippen LogP contribution is -2.58. The Bertz CT molecular complexity index is 560. The van der Waals surface area contributed by atoms with Gasteiger partial charge in [0.25, 0.3) is 0 Å². The largest absolute Gasteiger partial charge is 0.444 e. The van der Waals surface area contributed by atoms with Crippen LogP contribution in [0.1, 0.15) is 59.8 Å². The second kappa shape index (κ2) is 6.65. The summed E-state index contributed by atoms with van der Waals surface area (Å²) >= 11 is 0. The van der Waals surface area contributed by atoms with E-state index in [1.165, 1.54) is 19.3 Å². The van der Waals surface area contributed by atoms with Crippen LogP contribution >= 0.6 is 0 Å². The van der Waals surface area contributed by atoms with E-state index in [0.29, 0.717) is 0 Å². The maximum Gasteiger partial charge on any atom is 0.407 e. The molecule has 0 aromatic heterocycles. The molecule has 2 fully saturated rings. The van der Waals surface area contributed by atoms with E-state index >= 15 is 0 Å². The average Bonchev–Trinajstić information content (AvgIpc) is 2.50. The highest BCUT2D eigenvalue weighted by Gasteiger charge is 2.46. The molecular formula is C20H32N2O3. The second-order valence-corrected chi connectivity index (χ2v) is 9.37. The number of hydrogen-bond donors (Lipinski definition) is 2. The standard InChI is InChI=1S/C20H32N2O3/c1-19(2,3)25-18(24)22-16-14-8-6-13(7-9-14)15(16)17(23)21-12-20(4)10-5-11-20/h6,8,13-16H,5,7,9-12H2,1-4H3,(H,21,23)(H,22,24)/t13-,14+,15-,16+/m0/s1. The molecule has 0 heterocycles. The maximum absolute atomic E-state index is 12.9. The van der Waals surface area contributed by atoms with Crippen LogP contribution in [-0.4, -0.2) is 30.2 Å². The van der Waals surface area contributed by atoms with Crippen LogP contribution < -0.4 is 10.6 Å². The minimum Gasteiger partial charge on any atom is -0.444 e. The van der Waals surface area contributed by atoms with Crippen LogP contribution in [0.3, 0.4) is 0 Å². The Morgan fingerprint density at radius 3 is 2.32 bits per heavy atom. The summed E-state index contributed by atoms with van der Waals surface area (Å²) in [6, 6.07) is -0.173. The molecule has 5 nitrogen and oxygen atoms in total. The fraction of sp³-hybridized carbons (Fsp3) is 0.800. The Morgan fingerprint density at radius 1 is 1.16 bits per heavy atom. The number of carbonyl (C=O) groups is 2. The highest BCUT2D eigenvalue weighted by atomic mass is 16.6. The summed E-state index contributed by atoms with van der Waals surface area (Å²) in [6.07, 6.45) is 9.55. The molecule has 4 rings (SSSR count). The summed E-state index contributed by atoms with van der Waals surface area (Å²) in [5.74, 6) is 0.305. The fourth-order valence-electron chi connectivity index (χ4n) is 4.37. The van der Waals surface area contributed by atoms with Gasteiger partial charge in [0.05, 0.1) is 12.0 Å². The molecular weight excluding hydrogens is 316 g/mol. The lowest BCUT2D eigenvalue weighted by Gasteiger charge is -2.45. The van der Waals surface area contributed by atoms with Crippen molar-refractivity contribution in [1.82, 2.24) is 10.6 Å². The summed E-state index contributed by atoms with van der Waals surface area (Å²) < 4.78 is 5.41. The number of rotatable bonds is 4. The van der Waals surface area contributed by atoms with Gasteiger partial charge in [-0.15, -0.1) is 0 Å². The molecule has 0 saturated heterocycles. The number of hydrogen-bond acceptors (Lipinski definition) is 3. The van der Waals surface area contributed by atoms with Crippen LogP contribution in [0.25, 0.3) is 0 Å². The monoisotopic (exact) mass is 348 g/mol. The highest BCUT2D eigenvalue weighted by molar-refractivity contribution is 5.81. The van der Waals surface area contributed by atoms with Crippen LogP contribution in [0.4, 0.5) is 4.79 Å². The fourth-order valence-corrected chi connectivity index (χ4v) is 4.37. The van der Waals surface area contributed by atoms with Gasteiger partial charge < -0.3 is 15.4 Å². The Hall–Kier alpha value is -1.52. The van der Waals surface area contributed by atoms with Crippen molar-refractivity contribution in [3.8, 4) is 0 Å². The van der Waals surface area contributed by atoms with Gasteiger partial charge in [-0.2, -0.15) is 0 Å². The number of carbonyl (C=O) groups excluding carboxylic acids is 2. The van der Waals surface area contributed by atoms with Crippen molar-refractivity contribution in [3.05, 3.63) is 12.2 Å². The molecule has 140 valence electrons. The van der Waals surface area contributed by atoms with E-state index in [4.69, 9.17) is 4.74 Å². The lowest BCUT2D eigenvalue weighted by atomic mass is 9.65. The number of nitrogens with one attached hydrogen (secondary N) is 2. The van der Waals surface area contributed by atoms with Gasteiger partial charge in [-0.3, -0.25) is 4.79 Å². The van der Waals surface area contributed by atoms with E-state index in [1.54, 1.807) is 0 Å². The van der Waals surface area contributed by atoms with Gasteiger partial charge in [0.2, 0.25) is 5.91 Å². The zero-order valence-corrected chi connectivity index (χ0v) is 15.9. The molecule has 4 aliphatic carbocycles. The first-order valence-corrected chi connectivity index (χ1v) is 9.62. The van der Waals surface area contributed by atoms with E-state index in [9.17, 15) is 9.59 Å². The van der Waals surface area contributed by atoms with Crippen LogP contribution in [-0.2, 0) is 9.53 Å². The van der Waals surface area contributed by atoms with E-state index in [0.717, 1.165) is 19.4 Å². The van der Waals surface area contributed by atoms with Gasteiger partial charge in [-0.05, 0) is 63.7 Å². The molecule has 2 bridgehead atoms. The predicted octanol–water partition coefficient (Wildman–Crippen LogP) is 3.40. The first kappa shape index (κ1) is 18.3. The zero-order valence-electron chi connectivity index (χ0n) is 15.9. The van der Waals surface area contributed by atoms with Gasteiger partial charge in [0.15, 0.2) is 0 Å². The topological polar surface area (TPSA) is 67.4 Å². The number of alkyl carbamates (subject to hydrolysis) is 1. The number of amides is 2. The average molecular weight is 348 g/mol. The Balaban J connectivity index is 1.65. The number of fused-ring (bicyclic) bond motifs is 2. The van der Waals surface area contributed by atoms with E-state index in [2.05, 4.69) is 29.7 Å². The van der Waals surface area contributed by atoms with Crippen molar-refractivity contribution in [3.63, 3.8) is 0 Å². The second-order valence-electron chi connectivity index (χ2n) is 9.37. The molecule has 0 aromatic carbocycles. The van der Waals surface area contributed by atoms with E-state index in [1.807, 2.05) is 20.8 Å². The van der Waals surface area contributed by atoms with Crippen LogP contribution in [0, 0.1) is 23.2 Å². The summed E-state index contributed by atoms with van der Waals surface area (Å²) in [7, 11) is 0. The Kier molecular flexibility index (Phi) is 4.86. The Morgan fingerprint density at radius 2 is 1.80 bits per heavy atom. The van der Waals surface area contributed by atoms with Gasteiger partial charge in [0.1, 0.15) is 5.60 Å². The number of allylic oxidation sites excluding steroid dienone is 1. The summed E-state index contributed by atoms with van der Waals surface area (Å²) in [5, 5.41) is 6.16. The normalized spacial score (nSPS) is 32.6. The SMILES string of the molecule is CC1(CNC(=O)[C@@H]2[C@H](NC(=O)OC(C)(C)C)[C@@H]3C=C[C@H]2CC3)CCC1. The van der Waals surface area contributed by atoms with Crippen molar-refractivity contribution in [2.45, 2.75) is 71.4 Å². The van der Waals surface area contributed by atoms with E-state index in [-0.39, 0.29) is 35.1 Å². The minimum absolute atomic E-state index is 0.0771. The lowest BCUT2D eigenvalue weighted by molar-refractivity contribution is -0.129. The van der Waals surface area contributed by atoms with Crippen molar-refractivity contribution in [2.75, 3.05) is 6.54 Å². The molecule has 2 amide bonds. The molecule has 2 N–H and O–H groups in total. The van der Waals surface area contributed by atoms with Crippen molar-refractivity contribution >= 4 is 12.0 Å².